The number of hydrogen-bond donors (Lipinski definition) is 2. The van der Waals surface area contributed by atoms with Crippen molar-refractivity contribution in [3.05, 3.63) is 84.4 Å². The lowest BCUT2D eigenvalue weighted by Crippen LogP contribution is -2.33. The quantitative estimate of drug-likeness (QED) is 0.561. The van der Waals surface area contributed by atoms with E-state index in [2.05, 4.69) is 10.6 Å². The van der Waals surface area contributed by atoms with Crippen molar-refractivity contribution in [3.8, 4) is 17.2 Å². The van der Waals surface area contributed by atoms with Gasteiger partial charge in [-0.2, -0.15) is 0 Å². The van der Waals surface area contributed by atoms with Crippen molar-refractivity contribution in [2.75, 3.05) is 18.5 Å². The van der Waals surface area contributed by atoms with Gasteiger partial charge in [0.05, 0.1) is 25.3 Å². The first-order valence-electron chi connectivity index (χ1n) is 9.74. The van der Waals surface area contributed by atoms with E-state index in [0.717, 1.165) is 11.3 Å². The third-order valence-corrected chi connectivity index (χ3v) is 4.18. The average Bonchev–Trinajstić information content (AvgIpc) is 2.76. The molecule has 0 spiro atoms. The van der Waals surface area contributed by atoms with E-state index in [4.69, 9.17) is 9.47 Å². The highest BCUT2D eigenvalue weighted by atomic mass is 16.5. The number of anilines is 1. The Kier molecular flexibility index (Phi) is 7.44. The predicted molar refractivity (Wildman–Crippen MR) is 116 cm³/mol. The van der Waals surface area contributed by atoms with Crippen molar-refractivity contribution in [3.63, 3.8) is 0 Å². The van der Waals surface area contributed by atoms with Crippen LogP contribution in [0.5, 0.6) is 17.2 Å². The van der Waals surface area contributed by atoms with Crippen molar-refractivity contribution in [1.29, 1.82) is 0 Å². The molecular formula is C24H24N2O4. The van der Waals surface area contributed by atoms with Crippen LogP contribution in [0, 0.1) is 0 Å². The van der Waals surface area contributed by atoms with Gasteiger partial charge in [-0.25, -0.2) is 0 Å². The summed E-state index contributed by atoms with van der Waals surface area (Å²) in [6.07, 6.45) is 0.228. The van der Waals surface area contributed by atoms with Gasteiger partial charge in [0.2, 0.25) is 11.8 Å². The van der Waals surface area contributed by atoms with Gasteiger partial charge in [-0.3, -0.25) is 9.59 Å². The summed E-state index contributed by atoms with van der Waals surface area (Å²) >= 11 is 0. The maximum absolute atomic E-state index is 12.3. The minimum atomic E-state index is -0.334. The van der Waals surface area contributed by atoms with Gasteiger partial charge in [0.1, 0.15) is 11.5 Å². The molecule has 0 saturated heterocycles. The molecule has 0 fully saturated rings. The number of carbonyl (C=O) groups excluding carboxylic acids is 2. The van der Waals surface area contributed by atoms with Gasteiger partial charge in [-0.1, -0.05) is 42.5 Å². The van der Waals surface area contributed by atoms with E-state index in [0.29, 0.717) is 23.8 Å². The fourth-order valence-corrected chi connectivity index (χ4v) is 2.77. The highest BCUT2D eigenvalue weighted by Crippen LogP contribution is 2.30. The Labute approximate surface area is 175 Å². The van der Waals surface area contributed by atoms with E-state index in [9.17, 15) is 9.59 Å². The molecule has 3 rings (SSSR count). The number of para-hydroxylation sites is 2. The molecule has 3 aromatic carbocycles. The Morgan fingerprint density at radius 1 is 0.800 bits per heavy atom. The summed E-state index contributed by atoms with van der Waals surface area (Å²) < 4.78 is 11.3. The molecule has 6 heteroatoms. The van der Waals surface area contributed by atoms with Crippen LogP contribution < -0.4 is 20.1 Å². The Morgan fingerprint density at radius 3 is 2.20 bits per heavy atom. The van der Waals surface area contributed by atoms with Gasteiger partial charge in [-0.05, 0) is 48.9 Å². The van der Waals surface area contributed by atoms with Crippen molar-refractivity contribution < 1.29 is 19.1 Å². The van der Waals surface area contributed by atoms with E-state index in [1.165, 1.54) is 0 Å². The Hall–Kier alpha value is -3.80. The summed E-state index contributed by atoms with van der Waals surface area (Å²) in [5.41, 5.74) is 1.42. The number of nitrogens with one attached hydrogen (secondary N) is 2. The van der Waals surface area contributed by atoms with Crippen molar-refractivity contribution in [2.45, 2.75) is 13.3 Å². The van der Waals surface area contributed by atoms with Gasteiger partial charge in [0.15, 0.2) is 5.75 Å². The third-order valence-electron chi connectivity index (χ3n) is 4.18. The number of hydrogen-bond acceptors (Lipinski definition) is 4. The summed E-state index contributed by atoms with van der Waals surface area (Å²) in [4.78, 5) is 24.3. The monoisotopic (exact) mass is 404 g/mol. The Bertz CT molecular complexity index is 972. The largest absolute Gasteiger partial charge is 0.494 e. The van der Waals surface area contributed by atoms with Crippen LogP contribution in [0.15, 0.2) is 78.9 Å². The molecule has 0 aromatic heterocycles. The van der Waals surface area contributed by atoms with E-state index < -0.39 is 0 Å². The topological polar surface area (TPSA) is 76.7 Å². The van der Waals surface area contributed by atoms with Gasteiger partial charge < -0.3 is 20.1 Å². The molecule has 6 nitrogen and oxygen atoms in total. The first-order valence-corrected chi connectivity index (χ1v) is 9.74. The van der Waals surface area contributed by atoms with Crippen molar-refractivity contribution in [1.82, 2.24) is 5.32 Å². The molecule has 0 atom stereocenters. The van der Waals surface area contributed by atoms with E-state index in [-0.39, 0.29) is 24.8 Å². The van der Waals surface area contributed by atoms with Crippen LogP contribution in [-0.2, 0) is 16.0 Å². The van der Waals surface area contributed by atoms with Crippen LogP contribution in [0.2, 0.25) is 0 Å². The molecule has 30 heavy (non-hydrogen) atoms. The molecular weight excluding hydrogens is 380 g/mol. The van der Waals surface area contributed by atoms with E-state index >= 15 is 0 Å². The Balaban J connectivity index is 1.54. The van der Waals surface area contributed by atoms with Crippen LogP contribution >= 0.6 is 0 Å². The zero-order chi connectivity index (χ0) is 21.2. The number of amides is 2. The van der Waals surface area contributed by atoms with E-state index in [1.54, 1.807) is 30.3 Å². The number of benzene rings is 3. The van der Waals surface area contributed by atoms with Crippen LogP contribution in [0.25, 0.3) is 0 Å². The molecule has 3 aromatic rings. The van der Waals surface area contributed by atoms with Gasteiger partial charge >= 0.3 is 0 Å². The fourth-order valence-electron chi connectivity index (χ4n) is 2.77. The first-order chi connectivity index (χ1) is 14.6. The minimum absolute atomic E-state index is 0.122. The standard InChI is InChI=1S/C24H24N2O4/c1-2-29-19-12-14-20(15-13-19)30-22-11-7-6-10-21(22)26-24(28)17-25-23(27)16-18-8-4-3-5-9-18/h3-15H,2,16-17H2,1H3,(H,25,27)(H,26,28). The second-order valence-corrected chi connectivity index (χ2v) is 6.49. The SMILES string of the molecule is CCOc1ccc(Oc2ccccc2NC(=O)CNC(=O)Cc2ccccc2)cc1. The third kappa shape index (κ3) is 6.38. The zero-order valence-corrected chi connectivity index (χ0v) is 16.8. The molecule has 0 radical (unpaired) electrons. The molecule has 154 valence electrons. The second-order valence-electron chi connectivity index (χ2n) is 6.49. The lowest BCUT2D eigenvalue weighted by molar-refractivity contribution is -0.123. The summed E-state index contributed by atoms with van der Waals surface area (Å²) in [6, 6.07) is 23.7. The van der Waals surface area contributed by atoms with Crippen LogP contribution in [0.1, 0.15) is 12.5 Å². The van der Waals surface area contributed by atoms with Crippen LogP contribution in [0.4, 0.5) is 5.69 Å². The molecule has 0 unspecified atom stereocenters. The number of carbonyl (C=O) groups is 2. The second kappa shape index (κ2) is 10.7. The first kappa shape index (κ1) is 20.9. The van der Waals surface area contributed by atoms with Gasteiger partial charge in [0, 0.05) is 0 Å². The molecule has 0 bridgehead atoms. The molecule has 2 amide bonds. The molecule has 0 saturated carbocycles. The number of ether oxygens (including phenoxy) is 2. The normalized spacial score (nSPS) is 10.2. The van der Waals surface area contributed by atoms with Crippen LogP contribution in [-0.4, -0.2) is 25.0 Å². The summed E-state index contributed by atoms with van der Waals surface area (Å²) in [5, 5.41) is 5.41. The lowest BCUT2D eigenvalue weighted by atomic mass is 10.1. The predicted octanol–water partition coefficient (Wildman–Crippen LogP) is 4.18. The van der Waals surface area contributed by atoms with Gasteiger partial charge in [-0.15, -0.1) is 0 Å². The van der Waals surface area contributed by atoms with Gasteiger partial charge in [0.25, 0.3) is 0 Å². The Morgan fingerprint density at radius 2 is 1.47 bits per heavy atom. The zero-order valence-electron chi connectivity index (χ0n) is 16.8. The molecule has 0 aliphatic rings. The maximum Gasteiger partial charge on any atom is 0.243 e. The van der Waals surface area contributed by atoms with Crippen LogP contribution in [0.3, 0.4) is 0 Å². The highest BCUT2D eigenvalue weighted by Gasteiger charge is 2.10. The lowest BCUT2D eigenvalue weighted by Gasteiger charge is -2.13. The number of rotatable bonds is 9. The van der Waals surface area contributed by atoms with Crippen molar-refractivity contribution in [2.24, 2.45) is 0 Å². The van der Waals surface area contributed by atoms with Crippen molar-refractivity contribution >= 4 is 17.5 Å². The average molecular weight is 404 g/mol. The molecule has 0 aliphatic carbocycles. The van der Waals surface area contributed by atoms with E-state index in [1.807, 2.05) is 55.5 Å². The molecule has 0 aliphatic heterocycles. The summed E-state index contributed by atoms with van der Waals surface area (Å²) in [5.74, 6) is 1.34. The highest BCUT2D eigenvalue weighted by molar-refractivity contribution is 5.95. The fraction of sp³-hybridized carbons (Fsp3) is 0.167. The summed E-state index contributed by atoms with van der Waals surface area (Å²) in [6.45, 7) is 2.40. The molecule has 0 heterocycles. The molecule has 2 N–H and O–H groups in total. The smallest absolute Gasteiger partial charge is 0.243 e. The minimum Gasteiger partial charge on any atom is -0.494 e. The maximum atomic E-state index is 12.3. The summed E-state index contributed by atoms with van der Waals surface area (Å²) in [7, 11) is 0.